The van der Waals surface area contributed by atoms with Gasteiger partial charge in [-0.1, -0.05) is 57.5 Å². The number of aryl methyl sites for hydroxylation is 1. The van der Waals surface area contributed by atoms with Gasteiger partial charge < -0.3 is 5.32 Å². The Morgan fingerprint density at radius 2 is 2.04 bits per heavy atom. The van der Waals surface area contributed by atoms with Crippen LogP contribution in [0.1, 0.15) is 24.0 Å². The minimum atomic E-state index is -0.226. The van der Waals surface area contributed by atoms with Crippen LogP contribution >= 0.6 is 39.3 Å². The zero-order chi connectivity index (χ0) is 19.7. The van der Waals surface area contributed by atoms with Crippen LogP contribution in [0.15, 0.2) is 58.4 Å². The molecule has 1 amide bonds. The lowest BCUT2D eigenvalue weighted by Crippen LogP contribution is -2.36. The second kappa shape index (κ2) is 7.89. The average Bonchev–Trinajstić information content (AvgIpc) is 3.30. The molecule has 0 radical (unpaired) electrons. The third-order valence-corrected chi connectivity index (χ3v) is 6.69. The Labute approximate surface area is 181 Å². The van der Waals surface area contributed by atoms with Crippen LogP contribution in [-0.2, 0) is 10.3 Å². The normalized spacial score (nSPS) is 14.7. The molecule has 144 valence electrons. The molecule has 0 spiro atoms. The molecule has 0 unspecified atom stereocenters. The molecule has 8 heteroatoms. The Kier molecular flexibility index (Phi) is 5.49. The lowest BCUT2D eigenvalue weighted by atomic mass is 10.1. The molecule has 3 aromatic rings. The van der Waals surface area contributed by atoms with Crippen molar-refractivity contribution in [1.29, 1.82) is 0 Å². The second-order valence-electron chi connectivity index (χ2n) is 6.84. The predicted molar refractivity (Wildman–Crippen MR) is 115 cm³/mol. The van der Waals surface area contributed by atoms with Gasteiger partial charge in [0.15, 0.2) is 5.16 Å². The van der Waals surface area contributed by atoms with Crippen LogP contribution in [0.4, 0.5) is 0 Å². The topological polar surface area (TPSA) is 59.8 Å². The van der Waals surface area contributed by atoms with Crippen molar-refractivity contribution >= 4 is 45.2 Å². The molecule has 1 saturated carbocycles. The Bertz CT molecular complexity index is 1020. The molecule has 28 heavy (non-hydrogen) atoms. The largest absolute Gasteiger partial charge is 0.346 e. The molecule has 0 bridgehead atoms. The summed E-state index contributed by atoms with van der Waals surface area (Å²) in [5, 5.41) is 12.7. The summed E-state index contributed by atoms with van der Waals surface area (Å²) in [5.74, 6) is 0.262. The first-order valence-electron chi connectivity index (χ1n) is 8.83. The lowest BCUT2D eigenvalue weighted by Gasteiger charge is -2.18. The van der Waals surface area contributed by atoms with Crippen molar-refractivity contribution in [2.24, 2.45) is 0 Å². The summed E-state index contributed by atoms with van der Waals surface area (Å²) in [4.78, 5) is 12.6. The van der Waals surface area contributed by atoms with E-state index < -0.39 is 0 Å². The third-order valence-electron chi connectivity index (χ3n) is 4.81. The van der Waals surface area contributed by atoms with E-state index in [9.17, 15) is 4.79 Å². The highest BCUT2D eigenvalue weighted by Gasteiger charge is 2.45. The second-order valence-corrected chi connectivity index (χ2v) is 9.11. The number of aromatic nitrogens is 3. The van der Waals surface area contributed by atoms with Gasteiger partial charge in [-0.05, 0) is 55.2 Å². The van der Waals surface area contributed by atoms with E-state index in [1.54, 1.807) is 6.33 Å². The van der Waals surface area contributed by atoms with E-state index in [0.29, 0.717) is 10.2 Å². The maximum absolute atomic E-state index is 12.6. The highest BCUT2D eigenvalue weighted by molar-refractivity contribution is 9.10. The van der Waals surface area contributed by atoms with Gasteiger partial charge in [-0.15, -0.1) is 10.2 Å². The van der Waals surface area contributed by atoms with Crippen molar-refractivity contribution in [1.82, 2.24) is 20.1 Å². The Morgan fingerprint density at radius 3 is 2.71 bits per heavy atom. The standard InChI is InChI=1S/C20H18BrClN4OS/c1-13-2-7-16(10-17(13)22)26-12-23-25-19(26)28-11-18(27)24-20(8-9-20)14-3-5-15(21)6-4-14/h2-7,10,12H,8-9,11H2,1H3,(H,24,27). The van der Waals surface area contributed by atoms with Gasteiger partial charge in [0, 0.05) is 9.50 Å². The van der Waals surface area contributed by atoms with Crippen molar-refractivity contribution in [2.75, 3.05) is 5.75 Å². The van der Waals surface area contributed by atoms with Crippen LogP contribution < -0.4 is 5.32 Å². The maximum Gasteiger partial charge on any atom is 0.231 e. The summed E-state index contributed by atoms with van der Waals surface area (Å²) in [7, 11) is 0. The number of hydrogen-bond donors (Lipinski definition) is 1. The number of benzene rings is 2. The van der Waals surface area contributed by atoms with Gasteiger partial charge in [0.05, 0.1) is 17.0 Å². The smallest absolute Gasteiger partial charge is 0.231 e. The van der Waals surface area contributed by atoms with E-state index in [-0.39, 0.29) is 17.2 Å². The van der Waals surface area contributed by atoms with Gasteiger partial charge in [0.25, 0.3) is 0 Å². The van der Waals surface area contributed by atoms with E-state index in [0.717, 1.165) is 34.1 Å². The summed E-state index contributed by atoms with van der Waals surface area (Å²) >= 11 is 11.0. The number of amides is 1. The molecule has 0 aliphatic heterocycles. The molecule has 1 aliphatic rings. The van der Waals surface area contributed by atoms with E-state index >= 15 is 0 Å². The number of hydrogen-bond acceptors (Lipinski definition) is 4. The van der Waals surface area contributed by atoms with Crippen LogP contribution in [0.3, 0.4) is 0 Å². The Hall–Kier alpha value is -1.83. The monoisotopic (exact) mass is 476 g/mol. The molecule has 0 saturated heterocycles. The van der Waals surface area contributed by atoms with E-state index in [1.165, 1.54) is 11.8 Å². The van der Waals surface area contributed by atoms with Crippen LogP contribution in [0.25, 0.3) is 5.69 Å². The summed E-state index contributed by atoms with van der Waals surface area (Å²) in [6.07, 6.45) is 3.55. The molecule has 5 nitrogen and oxygen atoms in total. The molecule has 1 heterocycles. The number of halogens is 2. The minimum absolute atomic E-state index is 0.0121. The number of rotatable bonds is 6. The zero-order valence-corrected chi connectivity index (χ0v) is 18.3. The lowest BCUT2D eigenvalue weighted by molar-refractivity contribution is -0.119. The Balaban J connectivity index is 1.41. The molecule has 0 atom stereocenters. The van der Waals surface area contributed by atoms with Gasteiger partial charge in [0.1, 0.15) is 6.33 Å². The summed E-state index contributed by atoms with van der Waals surface area (Å²) in [5.41, 5.74) is 2.80. The molecular formula is C20H18BrClN4OS. The number of nitrogens with zero attached hydrogens (tertiary/aromatic N) is 3. The van der Waals surface area contributed by atoms with E-state index in [4.69, 9.17) is 11.6 Å². The first-order chi connectivity index (χ1) is 13.5. The fraction of sp³-hybridized carbons (Fsp3) is 0.250. The van der Waals surface area contributed by atoms with Crippen LogP contribution in [0, 0.1) is 6.92 Å². The quantitative estimate of drug-likeness (QED) is 0.514. The van der Waals surface area contributed by atoms with Gasteiger partial charge in [0.2, 0.25) is 5.91 Å². The van der Waals surface area contributed by atoms with Crippen molar-refractivity contribution in [3.63, 3.8) is 0 Å². The molecule has 1 N–H and O–H groups in total. The number of nitrogens with one attached hydrogen (secondary N) is 1. The Morgan fingerprint density at radius 1 is 1.29 bits per heavy atom. The van der Waals surface area contributed by atoms with Gasteiger partial charge in [-0.3, -0.25) is 9.36 Å². The van der Waals surface area contributed by atoms with Gasteiger partial charge in [-0.25, -0.2) is 0 Å². The summed E-state index contributed by atoms with van der Waals surface area (Å²) in [6, 6.07) is 13.9. The average molecular weight is 478 g/mol. The number of carbonyl (C=O) groups excluding carboxylic acids is 1. The molecule has 2 aromatic carbocycles. The summed E-state index contributed by atoms with van der Waals surface area (Å²) < 4.78 is 2.87. The SMILES string of the molecule is Cc1ccc(-n2cnnc2SCC(=O)NC2(c3ccc(Br)cc3)CC2)cc1Cl. The van der Waals surface area contributed by atoms with Crippen molar-refractivity contribution in [3.05, 3.63) is 69.4 Å². The third kappa shape index (κ3) is 4.11. The van der Waals surface area contributed by atoms with Crippen molar-refractivity contribution in [2.45, 2.75) is 30.5 Å². The highest BCUT2D eigenvalue weighted by atomic mass is 79.9. The van der Waals surface area contributed by atoms with Crippen molar-refractivity contribution < 1.29 is 4.79 Å². The van der Waals surface area contributed by atoms with E-state index in [1.807, 2.05) is 41.8 Å². The first-order valence-corrected chi connectivity index (χ1v) is 11.0. The zero-order valence-electron chi connectivity index (χ0n) is 15.2. The predicted octanol–water partition coefficient (Wildman–Crippen LogP) is 4.89. The molecular weight excluding hydrogens is 460 g/mol. The molecule has 1 aliphatic carbocycles. The maximum atomic E-state index is 12.6. The van der Waals surface area contributed by atoms with E-state index in [2.05, 4.69) is 43.6 Å². The molecule has 4 rings (SSSR count). The van der Waals surface area contributed by atoms with Crippen LogP contribution in [-0.4, -0.2) is 26.4 Å². The number of carbonyl (C=O) groups is 1. The molecule has 1 aromatic heterocycles. The minimum Gasteiger partial charge on any atom is -0.346 e. The number of thioether (sulfide) groups is 1. The first kappa shape index (κ1) is 19.5. The fourth-order valence-electron chi connectivity index (χ4n) is 3.04. The summed E-state index contributed by atoms with van der Waals surface area (Å²) in [6.45, 7) is 1.96. The van der Waals surface area contributed by atoms with Crippen molar-refractivity contribution in [3.8, 4) is 5.69 Å². The van der Waals surface area contributed by atoms with Crippen LogP contribution in [0.5, 0.6) is 0 Å². The highest BCUT2D eigenvalue weighted by Crippen LogP contribution is 2.45. The van der Waals surface area contributed by atoms with Gasteiger partial charge >= 0.3 is 0 Å². The fourth-order valence-corrected chi connectivity index (χ4v) is 4.21. The molecule has 1 fully saturated rings. The van der Waals surface area contributed by atoms with Gasteiger partial charge in [-0.2, -0.15) is 0 Å². The van der Waals surface area contributed by atoms with Crippen LogP contribution in [0.2, 0.25) is 5.02 Å².